The zero-order valence-electron chi connectivity index (χ0n) is 11.4. The lowest BCUT2D eigenvalue weighted by molar-refractivity contribution is -0.167. The summed E-state index contributed by atoms with van der Waals surface area (Å²) in [4.78, 5) is 22.2. The molecular formula is C13H24O6. The van der Waals surface area contributed by atoms with Crippen LogP contribution in [-0.2, 0) is 14.3 Å². The first-order chi connectivity index (χ1) is 9.01. The maximum atomic E-state index is 11.2. The molecule has 3 N–H and O–H groups in total. The second-order valence-corrected chi connectivity index (χ2v) is 4.53. The molecule has 2 unspecified atom stereocenters. The van der Waals surface area contributed by atoms with E-state index in [1.165, 1.54) is 0 Å². The van der Waals surface area contributed by atoms with Gasteiger partial charge in [-0.05, 0) is 19.3 Å². The molecule has 19 heavy (non-hydrogen) atoms. The number of ether oxygens (including phenoxy) is 1. The number of aliphatic hydroxyl groups excluding tert-OH is 3. The molecule has 6 heteroatoms. The topological polar surface area (TPSA) is 104 Å². The highest BCUT2D eigenvalue weighted by atomic mass is 16.6. The molecule has 0 heterocycles. The highest BCUT2D eigenvalue weighted by Crippen LogP contribution is 2.10. The van der Waals surface area contributed by atoms with E-state index >= 15 is 0 Å². The fourth-order valence-electron chi connectivity index (χ4n) is 1.56. The van der Waals surface area contributed by atoms with Crippen molar-refractivity contribution in [2.45, 2.75) is 64.1 Å². The standard InChI is InChI=1S/C13H24O6/c1-2-3-4-6-10(15)7-5-8-12(17)19-13(18)11(16)9-14/h10-11,14-16H,2-9H2,1H3. The predicted molar refractivity (Wildman–Crippen MR) is 68.2 cm³/mol. The highest BCUT2D eigenvalue weighted by Gasteiger charge is 2.19. The summed E-state index contributed by atoms with van der Waals surface area (Å²) < 4.78 is 4.31. The predicted octanol–water partition coefficient (Wildman–Crippen LogP) is 0.521. The fourth-order valence-corrected chi connectivity index (χ4v) is 1.56. The molecule has 0 spiro atoms. The molecule has 0 amide bonds. The lowest BCUT2D eigenvalue weighted by Gasteiger charge is -2.10. The maximum Gasteiger partial charge on any atom is 0.345 e. The summed E-state index contributed by atoms with van der Waals surface area (Å²) in [6, 6.07) is 0. The Labute approximate surface area is 113 Å². The number of aliphatic hydroxyl groups is 3. The molecule has 0 saturated carbocycles. The van der Waals surface area contributed by atoms with E-state index in [2.05, 4.69) is 11.7 Å². The van der Waals surface area contributed by atoms with Crippen molar-refractivity contribution in [2.24, 2.45) is 0 Å². The van der Waals surface area contributed by atoms with Crippen LogP contribution in [0, 0.1) is 0 Å². The molecule has 0 aliphatic rings. The van der Waals surface area contributed by atoms with E-state index in [-0.39, 0.29) is 6.42 Å². The van der Waals surface area contributed by atoms with Crippen LogP contribution in [0.1, 0.15) is 51.9 Å². The minimum absolute atomic E-state index is 0.00866. The second kappa shape index (κ2) is 10.9. The van der Waals surface area contributed by atoms with Crippen molar-refractivity contribution in [3.8, 4) is 0 Å². The van der Waals surface area contributed by atoms with E-state index in [1.54, 1.807) is 0 Å². The molecule has 0 fully saturated rings. The van der Waals surface area contributed by atoms with Crippen molar-refractivity contribution in [3.63, 3.8) is 0 Å². The molecular weight excluding hydrogens is 252 g/mol. The molecule has 0 aromatic heterocycles. The zero-order chi connectivity index (χ0) is 14.7. The van der Waals surface area contributed by atoms with Crippen LogP contribution in [0.5, 0.6) is 0 Å². The summed E-state index contributed by atoms with van der Waals surface area (Å²) in [5.74, 6) is -1.89. The smallest absolute Gasteiger partial charge is 0.345 e. The molecule has 0 aliphatic carbocycles. The summed E-state index contributed by atoms with van der Waals surface area (Å²) in [6.45, 7) is 1.31. The van der Waals surface area contributed by atoms with Crippen LogP contribution in [0.25, 0.3) is 0 Å². The lowest BCUT2D eigenvalue weighted by atomic mass is 10.1. The van der Waals surface area contributed by atoms with E-state index in [1.807, 2.05) is 0 Å². The average Bonchev–Trinajstić information content (AvgIpc) is 2.37. The zero-order valence-corrected chi connectivity index (χ0v) is 11.4. The molecule has 0 aromatic carbocycles. The monoisotopic (exact) mass is 276 g/mol. The van der Waals surface area contributed by atoms with Crippen LogP contribution < -0.4 is 0 Å². The Hall–Kier alpha value is -0.980. The molecule has 0 aromatic rings. The molecule has 2 atom stereocenters. The Morgan fingerprint density at radius 3 is 2.32 bits per heavy atom. The van der Waals surface area contributed by atoms with Gasteiger partial charge in [-0.15, -0.1) is 0 Å². The van der Waals surface area contributed by atoms with Gasteiger partial charge in [0, 0.05) is 6.42 Å². The largest absolute Gasteiger partial charge is 0.393 e. The molecule has 0 radical (unpaired) electrons. The van der Waals surface area contributed by atoms with E-state index in [9.17, 15) is 14.7 Å². The minimum atomic E-state index is -1.68. The molecule has 0 rings (SSSR count). The Morgan fingerprint density at radius 2 is 1.74 bits per heavy atom. The Morgan fingerprint density at radius 1 is 1.11 bits per heavy atom. The first-order valence-electron chi connectivity index (χ1n) is 6.72. The summed E-state index contributed by atoms with van der Waals surface area (Å²) >= 11 is 0. The van der Waals surface area contributed by atoms with E-state index in [4.69, 9.17) is 10.2 Å². The quantitative estimate of drug-likeness (QED) is 0.305. The summed E-state index contributed by atoms with van der Waals surface area (Å²) in [7, 11) is 0. The third kappa shape index (κ3) is 9.58. The first-order valence-corrected chi connectivity index (χ1v) is 6.72. The van der Waals surface area contributed by atoms with Crippen molar-refractivity contribution in [1.82, 2.24) is 0 Å². The van der Waals surface area contributed by atoms with Gasteiger partial charge in [-0.1, -0.05) is 26.2 Å². The fraction of sp³-hybridized carbons (Fsp3) is 0.846. The molecule has 0 saturated heterocycles. The summed E-state index contributed by atoms with van der Waals surface area (Å²) in [5.41, 5.74) is 0. The maximum absolute atomic E-state index is 11.2. The summed E-state index contributed by atoms with van der Waals surface area (Å²) in [5, 5.41) is 27.0. The van der Waals surface area contributed by atoms with E-state index in [0.29, 0.717) is 19.3 Å². The minimum Gasteiger partial charge on any atom is -0.393 e. The average molecular weight is 276 g/mol. The van der Waals surface area contributed by atoms with Gasteiger partial charge in [0.25, 0.3) is 0 Å². The van der Waals surface area contributed by atoms with Gasteiger partial charge in [0.1, 0.15) is 0 Å². The van der Waals surface area contributed by atoms with Crippen LogP contribution in [0.3, 0.4) is 0 Å². The van der Waals surface area contributed by atoms with Crippen molar-refractivity contribution < 1.29 is 29.6 Å². The lowest BCUT2D eigenvalue weighted by Crippen LogP contribution is -2.28. The van der Waals surface area contributed by atoms with Crippen LogP contribution in [0.15, 0.2) is 0 Å². The first kappa shape index (κ1) is 18.0. The highest BCUT2D eigenvalue weighted by molar-refractivity contribution is 5.87. The Kier molecular flexibility index (Phi) is 10.3. The number of unbranched alkanes of at least 4 members (excludes halogenated alkanes) is 2. The van der Waals surface area contributed by atoms with Crippen LogP contribution >= 0.6 is 0 Å². The molecule has 6 nitrogen and oxygen atoms in total. The van der Waals surface area contributed by atoms with Gasteiger partial charge in [0.2, 0.25) is 0 Å². The van der Waals surface area contributed by atoms with Crippen molar-refractivity contribution in [2.75, 3.05) is 6.61 Å². The Bertz CT molecular complexity index is 266. The van der Waals surface area contributed by atoms with Crippen LogP contribution in [-0.4, -0.2) is 46.1 Å². The van der Waals surface area contributed by atoms with Gasteiger partial charge < -0.3 is 20.1 Å². The van der Waals surface area contributed by atoms with E-state index in [0.717, 1.165) is 19.3 Å². The third-order valence-corrected chi connectivity index (χ3v) is 2.72. The normalized spacial score (nSPS) is 13.9. The second-order valence-electron chi connectivity index (χ2n) is 4.53. The Balaban J connectivity index is 3.65. The third-order valence-electron chi connectivity index (χ3n) is 2.72. The summed E-state index contributed by atoms with van der Waals surface area (Å²) in [6.07, 6.45) is 2.65. The van der Waals surface area contributed by atoms with Gasteiger partial charge in [-0.3, -0.25) is 4.79 Å². The number of hydrogen-bond donors (Lipinski definition) is 3. The molecule has 0 bridgehead atoms. The molecule has 112 valence electrons. The number of rotatable bonds is 10. The SMILES string of the molecule is CCCCCC(O)CCCC(=O)OC(=O)C(O)CO. The van der Waals surface area contributed by atoms with Crippen molar-refractivity contribution in [1.29, 1.82) is 0 Å². The van der Waals surface area contributed by atoms with Crippen LogP contribution in [0.4, 0.5) is 0 Å². The number of carbonyl (C=O) groups is 2. The number of hydrogen-bond acceptors (Lipinski definition) is 6. The van der Waals surface area contributed by atoms with Gasteiger partial charge in [0.05, 0.1) is 12.7 Å². The van der Waals surface area contributed by atoms with E-state index < -0.39 is 30.8 Å². The van der Waals surface area contributed by atoms with Gasteiger partial charge in [-0.2, -0.15) is 0 Å². The van der Waals surface area contributed by atoms with Gasteiger partial charge in [-0.25, -0.2) is 4.79 Å². The van der Waals surface area contributed by atoms with Crippen molar-refractivity contribution in [3.05, 3.63) is 0 Å². The van der Waals surface area contributed by atoms with Crippen LogP contribution in [0.2, 0.25) is 0 Å². The van der Waals surface area contributed by atoms with Crippen molar-refractivity contribution >= 4 is 11.9 Å². The van der Waals surface area contributed by atoms with Gasteiger partial charge in [0.15, 0.2) is 6.10 Å². The van der Waals surface area contributed by atoms with Gasteiger partial charge >= 0.3 is 11.9 Å². The number of carbonyl (C=O) groups excluding carboxylic acids is 2. The molecule has 0 aliphatic heterocycles. The number of esters is 2.